The van der Waals surface area contributed by atoms with E-state index in [0.29, 0.717) is 6.54 Å². The second-order valence-electron chi connectivity index (χ2n) is 4.46. The number of nitrogens with one attached hydrogen (secondary N) is 1. The maximum Gasteiger partial charge on any atom is 0.0646 e. The van der Waals surface area contributed by atoms with Crippen LogP contribution in [-0.2, 0) is 6.54 Å². The van der Waals surface area contributed by atoms with E-state index in [2.05, 4.69) is 18.3 Å². The lowest BCUT2D eigenvalue weighted by atomic mass is 10.1. The van der Waals surface area contributed by atoms with Crippen LogP contribution in [0.5, 0.6) is 0 Å². The van der Waals surface area contributed by atoms with Gasteiger partial charge in [0.05, 0.1) is 10.7 Å². The van der Waals surface area contributed by atoms with Crippen molar-refractivity contribution in [3.05, 3.63) is 58.1 Å². The summed E-state index contributed by atoms with van der Waals surface area (Å²) < 4.78 is 0. The fraction of sp³-hybridized carbons (Fsp3) is 0.200. The molecule has 0 aliphatic rings. The quantitative estimate of drug-likeness (QED) is 0.870. The van der Waals surface area contributed by atoms with Crippen molar-refractivity contribution in [1.29, 1.82) is 0 Å². The van der Waals surface area contributed by atoms with Gasteiger partial charge in [-0.3, -0.25) is 0 Å². The highest BCUT2D eigenvalue weighted by atomic mass is 35.5. The second-order valence-corrected chi connectivity index (χ2v) is 4.87. The molecule has 0 heterocycles. The summed E-state index contributed by atoms with van der Waals surface area (Å²) in [5.74, 6) is 0. The molecule has 3 N–H and O–H groups in total. The Labute approximate surface area is 113 Å². The zero-order valence-electron chi connectivity index (χ0n) is 10.6. The van der Waals surface area contributed by atoms with Crippen LogP contribution in [0.4, 0.5) is 11.4 Å². The summed E-state index contributed by atoms with van der Waals surface area (Å²) >= 11 is 6.26. The lowest BCUT2D eigenvalue weighted by Gasteiger charge is -2.13. The average molecular weight is 261 g/mol. The van der Waals surface area contributed by atoms with Crippen molar-refractivity contribution in [2.75, 3.05) is 5.32 Å². The summed E-state index contributed by atoms with van der Waals surface area (Å²) in [7, 11) is 0. The number of hydrogen-bond acceptors (Lipinski definition) is 2. The van der Waals surface area contributed by atoms with Crippen LogP contribution in [0.2, 0.25) is 5.02 Å². The molecule has 94 valence electrons. The number of aryl methyl sites for hydroxylation is 2. The fourth-order valence-corrected chi connectivity index (χ4v) is 2.31. The molecule has 0 unspecified atom stereocenters. The van der Waals surface area contributed by atoms with Crippen LogP contribution in [-0.4, -0.2) is 0 Å². The van der Waals surface area contributed by atoms with Crippen molar-refractivity contribution >= 4 is 23.0 Å². The van der Waals surface area contributed by atoms with Crippen LogP contribution >= 0.6 is 11.6 Å². The first-order chi connectivity index (χ1) is 8.60. The minimum atomic E-state index is 0.560. The number of benzene rings is 2. The Kier molecular flexibility index (Phi) is 3.90. The van der Waals surface area contributed by atoms with Crippen LogP contribution in [0, 0.1) is 13.8 Å². The van der Waals surface area contributed by atoms with Gasteiger partial charge >= 0.3 is 0 Å². The maximum atomic E-state index is 6.26. The zero-order valence-corrected chi connectivity index (χ0v) is 11.4. The number of hydrogen-bond donors (Lipinski definition) is 2. The summed E-state index contributed by atoms with van der Waals surface area (Å²) in [5.41, 5.74) is 11.0. The molecule has 0 saturated carbocycles. The Morgan fingerprint density at radius 3 is 2.33 bits per heavy atom. The molecule has 0 bridgehead atoms. The highest BCUT2D eigenvalue weighted by Gasteiger charge is 2.05. The molecule has 0 aliphatic heterocycles. The van der Waals surface area contributed by atoms with E-state index >= 15 is 0 Å². The van der Waals surface area contributed by atoms with E-state index in [1.165, 1.54) is 5.56 Å². The van der Waals surface area contributed by atoms with Crippen molar-refractivity contribution < 1.29 is 0 Å². The van der Waals surface area contributed by atoms with E-state index in [1.54, 1.807) is 0 Å². The lowest BCUT2D eigenvalue weighted by Crippen LogP contribution is -1.98. The molecule has 0 saturated heterocycles. The first-order valence-electron chi connectivity index (χ1n) is 5.93. The molecule has 2 aromatic rings. The normalized spacial score (nSPS) is 10.4. The van der Waals surface area contributed by atoms with Gasteiger partial charge in [0.1, 0.15) is 0 Å². The Morgan fingerprint density at radius 2 is 1.78 bits per heavy atom. The molecule has 0 aromatic heterocycles. The number of rotatable bonds is 3. The highest BCUT2D eigenvalue weighted by molar-refractivity contribution is 6.33. The summed E-state index contributed by atoms with van der Waals surface area (Å²) in [5, 5.41) is 4.09. The van der Waals surface area contributed by atoms with E-state index in [1.807, 2.05) is 37.3 Å². The third-order valence-electron chi connectivity index (χ3n) is 2.89. The standard InChI is InChI=1S/C15H17ClN2/c1-10-7-11(2)15(14(16)8-10)18-13-5-3-12(9-17)4-6-13/h3-8,18H,9,17H2,1-2H3. The molecule has 3 heteroatoms. The van der Waals surface area contributed by atoms with Crippen molar-refractivity contribution in [2.24, 2.45) is 5.73 Å². The minimum absolute atomic E-state index is 0.560. The Hall–Kier alpha value is -1.51. The van der Waals surface area contributed by atoms with Crippen LogP contribution < -0.4 is 11.1 Å². The van der Waals surface area contributed by atoms with Crippen LogP contribution in [0.3, 0.4) is 0 Å². The molecule has 0 fully saturated rings. The summed E-state index contributed by atoms with van der Waals surface area (Å²) in [6, 6.07) is 12.1. The van der Waals surface area contributed by atoms with Gasteiger partial charge in [0.25, 0.3) is 0 Å². The molecular formula is C15H17ClN2. The zero-order chi connectivity index (χ0) is 13.1. The van der Waals surface area contributed by atoms with Gasteiger partial charge in [-0.25, -0.2) is 0 Å². The molecular weight excluding hydrogens is 244 g/mol. The molecule has 0 amide bonds. The molecule has 0 radical (unpaired) electrons. The van der Waals surface area contributed by atoms with E-state index in [-0.39, 0.29) is 0 Å². The molecule has 2 nitrogen and oxygen atoms in total. The third-order valence-corrected chi connectivity index (χ3v) is 3.19. The Bertz CT molecular complexity index is 524. The Balaban J connectivity index is 2.28. The lowest BCUT2D eigenvalue weighted by molar-refractivity contribution is 1.07. The van der Waals surface area contributed by atoms with Crippen LogP contribution in [0.1, 0.15) is 16.7 Å². The molecule has 0 spiro atoms. The van der Waals surface area contributed by atoms with Crippen molar-refractivity contribution in [3.8, 4) is 0 Å². The van der Waals surface area contributed by atoms with Gasteiger partial charge in [-0.2, -0.15) is 0 Å². The summed E-state index contributed by atoms with van der Waals surface area (Å²) in [4.78, 5) is 0. The van der Waals surface area contributed by atoms with Crippen molar-refractivity contribution in [1.82, 2.24) is 0 Å². The topological polar surface area (TPSA) is 38.0 Å². The van der Waals surface area contributed by atoms with Gasteiger partial charge in [0, 0.05) is 12.2 Å². The molecule has 2 aromatic carbocycles. The minimum Gasteiger partial charge on any atom is -0.354 e. The second kappa shape index (κ2) is 5.42. The monoisotopic (exact) mass is 260 g/mol. The average Bonchev–Trinajstić information content (AvgIpc) is 2.34. The van der Waals surface area contributed by atoms with Crippen molar-refractivity contribution in [2.45, 2.75) is 20.4 Å². The third kappa shape index (κ3) is 2.84. The van der Waals surface area contributed by atoms with E-state index in [9.17, 15) is 0 Å². The fourth-order valence-electron chi connectivity index (χ4n) is 1.94. The smallest absolute Gasteiger partial charge is 0.0646 e. The highest BCUT2D eigenvalue weighted by Crippen LogP contribution is 2.30. The van der Waals surface area contributed by atoms with E-state index in [4.69, 9.17) is 17.3 Å². The summed E-state index contributed by atoms with van der Waals surface area (Å²) in [6.45, 7) is 4.65. The summed E-state index contributed by atoms with van der Waals surface area (Å²) in [6.07, 6.45) is 0. The molecule has 2 rings (SSSR count). The predicted molar refractivity (Wildman–Crippen MR) is 78.5 cm³/mol. The largest absolute Gasteiger partial charge is 0.354 e. The van der Waals surface area contributed by atoms with Crippen molar-refractivity contribution in [3.63, 3.8) is 0 Å². The SMILES string of the molecule is Cc1cc(C)c(Nc2ccc(CN)cc2)c(Cl)c1. The van der Waals surface area contributed by atoms with E-state index < -0.39 is 0 Å². The number of anilines is 2. The van der Waals surface area contributed by atoms with Crippen LogP contribution in [0.15, 0.2) is 36.4 Å². The van der Waals surface area contributed by atoms with Gasteiger partial charge in [0.15, 0.2) is 0 Å². The van der Waals surface area contributed by atoms with E-state index in [0.717, 1.165) is 27.5 Å². The number of nitrogens with two attached hydrogens (primary N) is 1. The molecule has 0 atom stereocenters. The van der Waals surface area contributed by atoms with Gasteiger partial charge < -0.3 is 11.1 Å². The van der Waals surface area contributed by atoms with Gasteiger partial charge in [-0.15, -0.1) is 0 Å². The first kappa shape index (κ1) is 12.9. The first-order valence-corrected chi connectivity index (χ1v) is 6.30. The van der Waals surface area contributed by atoms with Gasteiger partial charge in [0.2, 0.25) is 0 Å². The predicted octanol–water partition coefficient (Wildman–Crippen LogP) is 4.16. The number of halogens is 1. The molecule has 0 aliphatic carbocycles. The Morgan fingerprint density at radius 1 is 1.11 bits per heavy atom. The van der Waals surface area contributed by atoms with Gasteiger partial charge in [-0.05, 0) is 48.7 Å². The molecule has 18 heavy (non-hydrogen) atoms. The van der Waals surface area contributed by atoms with Crippen LogP contribution in [0.25, 0.3) is 0 Å². The van der Waals surface area contributed by atoms with Gasteiger partial charge in [-0.1, -0.05) is 29.8 Å². The maximum absolute atomic E-state index is 6.26.